The van der Waals surface area contributed by atoms with E-state index < -0.39 is 12.3 Å². The van der Waals surface area contributed by atoms with Gasteiger partial charge in [-0.2, -0.15) is 0 Å². The lowest BCUT2D eigenvalue weighted by atomic mass is 10.5. The predicted molar refractivity (Wildman–Crippen MR) is 20.1 cm³/mol. The Morgan fingerprint density at radius 1 is 1.71 bits per heavy atom. The van der Waals surface area contributed by atoms with Crippen LogP contribution in [0.4, 0.5) is 0 Å². The summed E-state index contributed by atoms with van der Waals surface area (Å²) < 4.78 is 3.37. The van der Waals surface area contributed by atoms with E-state index in [2.05, 4.69) is 12.7 Å². The fraction of sp³-hybridized carbons (Fsp3) is 0.500. The Bertz CT molecular complexity index is 70.1. The van der Waals surface area contributed by atoms with Crippen LogP contribution in [0.15, 0.2) is 0 Å². The van der Waals surface area contributed by atoms with Crippen LogP contribution in [0.5, 0.6) is 0 Å². The van der Waals surface area contributed by atoms with Crippen molar-refractivity contribution < 1.29 is 19.7 Å². The molecule has 0 aromatic heterocycles. The number of carbonyl (C=O) groups is 1. The Labute approximate surface area is 41.2 Å². The van der Waals surface area contributed by atoms with Crippen LogP contribution in [0, 0.1) is 0 Å². The van der Waals surface area contributed by atoms with E-state index in [4.69, 9.17) is 10.2 Å². The molecule has 0 bridgehead atoms. The van der Waals surface area contributed by atoms with Crippen LogP contribution < -0.4 is 0 Å². The summed E-state index contributed by atoms with van der Waals surface area (Å²) in [5, 5.41) is 15.6. The molecule has 4 nitrogen and oxygen atoms in total. The predicted octanol–water partition coefficient (Wildman–Crippen LogP) is -2.08. The maximum Gasteiger partial charge on any atom is 0.378 e. The van der Waals surface area contributed by atoms with Gasteiger partial charge in [-0.3, -0.25) is 0 Å². The molecule has 2 radical (unpaired) electrons. The smallest absolute Gasteiger partial charge is 0.378 e. The zero-order valence-corrected chi connectivity index (χ0v) is 3.37. The van der Waals surface area contributed by atoms with Crippen LogP contribution in [0.3, 0.4) is 0 Å². The topological polar surface area (TPSA) is 66.8 Å². The number of aliphatic hydroxyl groups is 2. The summed E-state index contributed by atoms with van der Waals surface area (Å²) in [5.41, 5.74) is 0. The molecule has 2 N–H and O–H groups in total. The summed E-state index contributed by atoms with van der Waals surface area (Å²) in [6.07, 6.45) is -2.12. The molecule has 5 heteroatoms. The van der Waals surface area contributed by atoms with Gasteiger partial charge < -0.3 is 14.9 Å². The first kappa shape index (κ1) is 6.45. The summed E-state index contributed by atoms with van der Waals surface area (Å²) in [7, 11) is 4.20. The molecule has 0 heterocycles. The first-order valence-corrected chi connectivity index (χ1v) is 1.45. The molecule has 0 rings (SSSR count). The number of hydrogen-bond acceptors (Lipinski definition) is 4. The van der Waals surface area contributed by atoms with E-state index in [1.165, 1.54) is 0 Å². The molecule has 7 heavy (non-hydrogen) atoms. The first-order valence-electron chi connectivity index (χ1n) is 1.45. The van der Waals surface area contributed by atoms with Crippen LogP contribution in [0.25, 0.3) is 0 Å². The Morgan fingerprint density at radius 2 is 2.14 bits per heavy atom. The molecular formula is C2H3BO4. The summed E-state index contributed by atoms with van der Waals surface area (Å²) >= 11 is 0. The lowest BCUT2D eigenvalue weighted by Gasteiger charge is -1.97. The minimum absolute atomic E-state index is 1.26. The van der Waals surface area contributed by atoms with Crippen LogP contribution in [-0.2, 0) is 9.45 Å². The maximum absolute atomic E-state index is 9.66. The number of rotatable bonds is 1. The van der Waals surface area contributed by atoms with Crippen LogP contribution >= 0.6 is 0 Å². The molecule has 0 spiro atoms. The third kappa shape index (κ3) is 2.19. The zero-order chi connectivity index (χ0) is 5.86. The molecule has 0 amide bonds. The lowest BCUT2D eigenvalue weighted by molar-refractivity contribution is -0.162. The van der Waals surface area contributed by atoms with Gasteiger partial charge in [-0.05, 0) is 0 Å². The highest BCUT2D eigenvalue weighted by Crippen LogP contribution is 1.75. The molecule has 0 fully saturated rings. The molecule has 0 saturated heterocycles. The first-order chi connectivity index (χ1) is 3.18. The van der Waals surface area contributed by atoms with Gasteiger partial charge in [0.05, 0.1) is 0 Å². The van der Waals surface area contributed by atoms with Gasteiger partial charge in [-0.25, -0.2) is 4.79 Å². The van der Waals surface area contributed by atoms with E-state index in [-0.39, 0.29) is 0 Å². The van der Waals surface area contributed by atoms with Gasteiger partial charge in [0, 0.05) is 0 Å². The van der Waals surface area contributed by atoms with Crippen LogP contribution in [0.2, 0.25) is 0 Å². The van der Waals surface area contributed by atoms with E-state index in [9.17, 15) is 4.79 Å². The van der Waals surface area contributed by atoms with Crippen molar-refractivity contribution in [1.82, 2.24) is 0 Å². The molecule has 0 aliphatic carbocycles. The zero-order valence-electron chi connectivity index (χ0n) is 3.37. The summed E-state index contributed by atoms with van der Waals surface area (Å²) in [6, 6.07) is 0. The highest BCUT2D eigenvalue weighted by molar-refractivity contribution is 6.05. The molecule has 0 aromatic rings. The Balaban J connectivity index is 3.35. The quantitative estimate of drug-likeness (QED) is 0.294. The molecular weight excluding hydrogens is 98.8 g/mol. The Kier molecular flexibility index (Phi) is 2.40. The van der Waals surface area contributed by atoms with Crippen molar-refractivity contribution in [2.75, 3.05) is 0 Å². The maximum atomic E-state index is 9.66. The summed E-state index contributed by atoms with van der Waals surface area (Å²) in [5.74, 6) is -1.26. The van der Waals surface area contributed by atoms with Gasteiger partial charge in [-0.15, -0.1) is 0 Å². The van der Waals surface area contributed by atoms with Gasteiger partial charge >= 0.3 is 14.0 Å². The van der Waals surface area contributed by atoms with Crippen LogP contribution in [0.1, 0.15) is 0 Å². The second kappa shape index (κ2) is 2.60. The lowest BCUT2D eigenvalue weighted by Crippen LogP contribution is -2.20. The minimum atomic E-state index is -2.12. The van der Waals surface area contributed by atoms with E-state index >= 15 is 0 Å². The van der Waals surface area contributed by atoms with Crippen molar-refractivity contribution in [3.8, 4) is 0 Å². The van der Waals surface area contributed by atoms with E-state index in [0.717, 1.165) is 0 Å². The van der Waals surface area contributed by atoms with Gasteiger partial charge in [-0.1, -0.05) is 0 Å². The van der Waals surface area contributed by atoms with Crippen molar-refractivity contribution in [2.24, 2.45) is 0 Å². The van der Waals surface area contributed by atoms with E-state index in [1.54, 1.807) is 0 Å². The monoisotopic (exact) mass is 102 g/mol. The fourth-order valence-electron chi connectivity index (χ4n) is 0.0609. The standard InChI is InChI=1S/C2H3BO4/c3-7-2(6)1(4)5/h1,4-5H. The summed E-state index contributed by atoms with van der Waals surface area (Å²) in [6.45, 7) is 0. The Morgan fingerprint density at radius 3 is 2.14 bits per heavy atom. The SMILES string of the molecule is [B]OC(=O)C(O)O. The molecule has 0 aliphatic rings. The van der Waals surface area contributed by atoms with Crippen molar-refractivity contribution in [2.45, 2.75) is 6.29 Å². The van der Waals surface area contributed by atoms with Crippen molar-refractivity contribution in [3.63, 3.8) is 0 Å². The highest BCUT2D eigenvalue weighted by Gasteiger charge is 2.07. The Hall–Kier alpha value is -0.545. The largest absolute Gasteiger partial charge is 0.540 e. The second-order valence-corrected chi connectivity index (χ2v) is 0.811. The fourth-order valence-corrected chi connectivity index (χ4v) is 0.0609. The second-order valence-electron chi connectivity index (χ2n) is 0.811. The van der Waals surface area contributed by atoms with Gasteiger partial charge in [0.2, 0.25) is 0 Å². The highest BCUT2D eigenvalue weighted by atomic mass is 16.6. The molecule has 38 valence electrons. The third-order valence-electron chi connectivity index (χ3n) is 0.327. The number of hydrogen-bond donors (Lipinski definition) is 2. The van der Waals surface area contributed by atoms with Gasteiger partial charge in [0.15, 0.2) is 0 Å². The van der Waals surface area contributed by atoms with Gasteiger partial charge in [0.25, 0.3) is 6.29 Å². The third-order valence-corrected chi connectivity index (χ3v) is 0.327. The summed E-state index contributed by atoms with van der Waals surface area (Å²) in [4.78, 5) is 9.66. The number of carbonyl (C=O) groups excluding carboxylic acids is 1. The average molecular weight is 102 g/mol. The number of aliphatic hydroxyl groups excluding tert-OH is 1. The normalized spacial score (nSPS) is 9.00. The molecule has 0 unspecified atom stereocenters. The van der Waals surface area contributed by atoms with Crippen LogP contribution in [-0.4, -0.2) is 30.5 Å². The average Bonchev–Trinajstić information content (AvgIpc) is 1.65. The van der Waals surface area contributed by atoms with Crippen molar-refractivity contribution in [1.29, 1.82) is 0 Å². The molecule has 0 aromatic carbocycles. The molecule has 0 aliphatic heterocycles. The molecule has 0 atom stereocenters. The molecule has 0 saturated carbocycles. The van der Waals surface area contributed by atoms with Crippen molar-refractivity contribution in [3.05, 3.63) is 0 Å². The van der Waals surface area contributed by atoms with E-state index in [1.807, 2.05) is 0 Å². The van der Waals surface area contributed by atoms with E-state index in [0.29, 0.717) is 0 Å². The minimum Gasteiger partial charge on any atom is -0.540 e. The van der Waals surface area contributed by atoms with Crippen molar-refractivity contribution >= 4 is 14.0 Å². The van der Waals surface area contributed by atoms with Gasteiger partial charge in [0.1, 0.15) is 0 Å².